The molecule has 1 aliphatic rings. The van der Waals surface area contributed by atoms with Crippen molar-refractivity contribution in [3.8, 4) is 0 Å². The van der Waals surface area contributed by atoms with Crippen LogP contribution in [0.1, 0.15) is 6.42 Å². The quantitative estimate of drug-likeness (QED) is 0.341. The van der Waals surface area contributed by atoms with E-state index in [0.29, 0.717) is 13.0 Å². The minimum absolute atomic E-state index is 0.308. The number of aliphatic hydroxyl groups excluding tert-OH is 4. The molecule has 5 atom stereocenters. The summed E-state index contributed by atoms with van der Waals surface area (Å²) in [5.74, 6) is 0. The van der Waals surface area contributed by atoms with Crippen molar-refractivity contribution in [1.29, 1.82) is 0 Å². The van der Waals surface area contributed by atoms with Crippen LogP contribution in [0.4, 0.5) is 0 Å². The molecule has 0 aliphatic carbocycles. The molecule has 0 saturated carbocycles. The van der Waals surface area contributed by atoms with E-state index in [1.165, 1.54) is 0 Å². The van der Waals surface area contributed by atoms with Gasteiger partial charge >= 0.3 is 0 Å². The van der Waals surface area contributed by atoms with E-state index in [0.717, 1.165) is 0 Å². The maximum Gasteiger partial charge on any atom is 0.111 e. The summed E-state index contributed by atoms with van der Waals surface area (Å²) in [6, 6.07) is 0. The Bertz CT molecular complexity index is 175. The van der Waals surface area contributed by atoms with Gasteiger partial charge in [-0.15, -0.1) is 0 Å². The van der Waals surface area contributed by atoms with Gasteiger partial charge < -0.3 is 30.9 Å². The van der Waals surface area contributed by atoms with Crippen LogP contribution >= 0.6 is 0 Å². The lowest BCUT2D eigenvalue weighted by atomic mass is 9.94. The number of rotatable bonds is 3. The van der Waals surface area contributed by atoms with Crippen LogP contribution in [0.5, 0.6) is 0 Å². The van der Waals surface area contributed by atoms with Crippen molar-refractivity contribution in [2.45, 2.75) is 36.9 Å². The molecule has 6 N–H and O–H groups in total. The highest BCUT2D eigenvalue weighted by Gasteiger charge is 2.42. The second kappa shape index (κ2) is 5.01. The van der Waals surface area contributed by atoms with Gasteiger partial charge in [0.15, 0.2) is 0 Å². The number of nitrogens with two attached hydrogens (primary N) is 1. The van der Waals surface area contributed by atoms with Gasteiger partial charge in [0.2, 0.25) is 0 Å². The van der Waals surface area contributed by atoms with Gasteiger partial charge in [0.25, 0.3) is 0 Å². The van der Waals surface area contributed by atoms with Crippen LogP contribution < -0.4 is 5.73 Å². The fourth-order valence-electron chi connectivity index (χ4n) is 1.58. The first-order valence-corrected chi connectivity index (χ1v) is 4.62. The molecule has 0 aromatic rings. The molecule has 0 radical (unpaired) electrons. The molecule has 0 unspecified atom stereocenters. The Hall–Kier alpha value is -0.240. The first kappa shape index (κ1) is 11.8. The smallest absolute Gasteiger partial charge is 0.111 e. The van der Waals surface area contributed by atoms with Crippen LogP contribution in [0, 0.1) is 0 Å². The van der Waals surface area contributed by atoms with E-state index in [9.17, 15) is 15.3 Å². The molecule has 1 aliphatic heterocycles. The zero-order valence-electron chi connectivity index (χ0n) is 7.78. The van der Waals surface area contributed by atoms with Crippen LogP contribution in [0.15, 0.2) is 0 Å². The van der Waals surface area contributed by atoms with Crippen molar-refractivity contribution >= 4 is 0 Å². The molecule has 1 fully saturated rings. The van der Waals surface area contributed by atoms with E-state index in [1.807, 2.05) is 0 Å². The third-order valence-electron chi connectivity index (χ3n) is 2.44. The SMILES string of the molecule is NCC[C@H]1O[C@H](CO)[C@H](O)[C@H](O)[C@H]1O. The third kappa shape index (κ3) is 2.22. The lowest BCUT2D eigenvalue weighted by Gasteiger charge is -2.40. The predicted octanol–water partition coefficient (Wildman–Crippen LogP) is -2.82. The van der Waals surface area contributed by atoms with Crippen molar-refractivity contribution in [3.05, 3.63) is 0 Å². The van der Waals surface area contributed by atoms with Gasteiger partial charge in [0.1, 0.15) is 24.4 Å². The van der Waals surface area contributed by atoms with Crippen LogP contribution in [0.25, 0.3) is 0 Å². The molecular weight excluding hydrogens is 190 g/mol. The summed E-state index contributed by atoms with van der Waals surface area (Å²) in [6.07, 6.45) is -4.82. The largest absolute Gasteiger partial charge is 0.394 e. The van der Waals surface area contributed by atoms with Crippen molar-refractivity contribution in [2.24, 2.45) is 5.73 Å². The van der Waals surface area contributed by atoms with Gasteiger partial charge in [-0.3, -0.25) is 0 Å². The molecular formula is C8H17NO5. The van der Waals surface area contributed by atoms with E-state index in [4.69, 9.17) is 15.6 Å². The van der Waals surface area contributed by atoms with Crippen molar-refractivity contribution < 1.29 is 25.2 Å². The molecule has 0 amide bonds. The predicted molar refractivity (Wildman–Crippen MR) is 47.4 cm³/mol. The maximum absolute atomic E-state index is 9.48. The van der Waals surface area contributed by atoms with Gasteiger partial charge in [-0.05, 0) is 13.0 Å². The van der Waals surface area contributed by atoms with E-state index >= 15 is 0 Å². The van der Waals surface area contributed by atoms with Gasteiger partial charge in [0.05, 0.1) is 12.7 Å². The van der Waals surface area contributed by atoms with E-state index in [1.54, 1.807) is 0 Å². The molecule has 1 saturated heterocycles. The maximum atomic E-state index is 9.48. The molecule has 0 aromatic carbocycles. The molecule has 0 aromatic heterocycles. The van der Waals surface area contributed by atoms with E-state index < -0.39 is 37.1 Å². The summed E-state index contributed by atoms with van der Waals surface area (Å²) >= 11 is 0. The Morgan fingerprint density at radius 2 is 1.57 bits per heavy atom. The number of ether oxygens (including phenoxy) is 1. The topological polar surface area (TPSA) is 116 Å². The van der Waals surface area contributed by atoms with Crippen molar-refractivity contribution in [1.82, 2.24) is 0 Å². The Labute approximate surface area is 81.9 Å². The van der Waals surface area contributed by atoms with Crippen molar-refractivity contribution in [3.63, 3.8) is 0 Å². The minimum atomic E-state index is -1.29. The first-order chi connectivity index (χ1) is 6.61. The highest BCUT2D eigenvalue weighted by molar-refractivity contribution is 4.91. The summed E-state index contributed by atoms with van der Waals surface area (Å²) in [7, 11) is 0. The first-order valence-electron chi connectivity index (χ1n) is 4.62. The molecule has 0 bridgehead atoms. The minimum Gasteiger partial charge on any atom is -0.394 e. The monoisotopic (exact) mass is 207 g/mol. The Balaban J connectivity index is 2.63. The van der Waals surface area contributed by atoms with E-state index in [2.05, 4.69) is 0 Å². The normalized spacial score (nSPS) is 43.9. The average molecular weight is 207 g/mol. The molecule has 14 heavy (non-hydrogen) atoms. The van der Waals surface area contributed by atoms with Crippen LogP contribution in [0.3, 0.4) is 0 Å². The average Bonchev–Trinajstić information content (AvgIpc) is 2.19. The molecule has 6 nitrogen and oxygen atoms in total. The summed E-state index contributed by atoms with van der Waals surface area (Å²) in [4.78, 5) is 0. The molecule has 84 valence electrons. The summed E-state index contributed by atoms with van der Waals surface area (Å²) in [5, 5.41) is 37.1. The number of aliphatic hydroxyl groups is 4. The number of hydrogen-bond acceptors (Lipinski definition) is 6. The highest BCUT2D eigenvalue weighted by atomic mass is 16.5. The Kier molecular flexibility index (Phi) is 4.24. The van der Waals surface area contributed by atoms with Gasteiger partial charge in [-0.1, -0.05) is 0 Å². The van der Waals surface area contributed by atoms with Gasteiger partial charge in [-0.25, -0.2) is 0 Å². The lowest BCUT2D eigenvalue weighted by Crippen LogP contribution is -2.58. The highest BCUT2D eigenvalue weighted by Crippen LogP contribution is 2.22. The fraction of sp³-hybridized carbons (Fsp3) is 1.00. The fourth-order valence-corrected chi connectivity index (χ4v) is 1.58. The van der Waals surface area contributed by atoms with Crippen LogP contribution in [-0.4, -0.2) is 64.1 Å². The number of hydrogen-bond donors (Lipinski definition) is 5. The Morgan fingerprint density at radius 3 is 2.07 bits per heavy atom. The summed E-state index contributed by atoms with van der Waals surface area (Å²) in [6.45, 7) is -0.0886. The van der Waals surface area contributed by atoms with E-state index in [-0.39, 0.29) is 0 Å². The van der Waals surface area contributed by atoms with Crippen LogP contribution in [-0.2, 0) is 4.74 Å². The third-order valence-corrected chi connectivity index (χ3v) is 2.44. The molecule has 1 heterocycles. The standard InChI is InChI=1S/C8H17NO5/c9-2-1-4-6(11)8(13)7(12)5(3-10)14-4/h4-8,10-13H,1-3,9H2/t4-,5-,6+,7+,8-/m1/s1. The Morgan fingerprint density at radius 1 is 1.00 bits per heavy atom. The lowest BCUT2D eigenvalue weighted by molar-refractivity contribution is -0.229. The second-order valence-corrected chi connectivity index (χ2v) is 3.44. The summed E-state index contributed by atoms with van der Waals surface area (Å²) < 4.78 is 5.18. The zero-order valence-corrected chi connectivity index (χ0v) is 7.78. The molecule has 1 rings (SSSR count). The molecule has 6 heteroatoms. The molecule has 0 spiro atoms. The van der Waals surface area contributed by atoms with Gasteiger partial charge in [-0.2, -0.15) is 0 Å². The zero-order chi connectivity index (χ0) is 10.7. The van der Waals surface area contributed by atoms with Crippen LogP contribution in [0.2, 0.25) is 0 Å². The summed E-state index contributed by atoms with van der Waals surface area (Å²) in [5.41, 5.74) is 5.29. The second-order valence-electron chi connectivity index (χ2n) is 3.44. The van der Waals surface area contributed by atoms with Crippen molar-refractivity contribution in [2.75, 3.05) is 13.2 Å². The van der Waals surface area contributed by atoms with Gasteiger partial charge in [0, 0.05) is 0 Å².